The van der Waals surface area contributed by atoms with Gasteiger partial charge in [-0.3, -0.25) is 0 Å². The third-order valence-corrected chi connectivity index (χ3v) is 4.69. The highest BCUT2D eigenvalue weighted by Crippen LogP contribution is 2.36. The van der Waals surface area contributed by atoms with Gasteiger partial charge in [0.05, 0.1) is 5.54 Å². The third kappa shape index (κ3) is 4.80. The summed E-state index contributed by atoms with van der Waals surface area (Å²) < 4.78 is 5.40. The first kappa shape index (κ1) is 16.5. The van der Waals surface area contributed by atoms with Crippen molar-refractivity contribution in [2.75, 3.05) is 0 Å². The number of unbranched alkanes of at least 4 members (excludes halogenated alkanes) is 5. The van der Waals surface area contributed by atoms with E-state index in [9.17, 15) is 0 Å². The number of aryl methyl sites for hydroxylation is 1. The van der Waals surface area contributed by atoms with Crippen LogP contribution in [0.2, 0.25) is 0 Å². The molecule has 1 fully saturated rings. The standard InChI is InChI=1S/C17H31N3O/c1-3-4-5-6-7-8-11-15-19-16(20-21-15)17(18)12-9-10-14(2)13-17/h14H,3-13,18H2,1-2H3. The predicted octanol–water partition coefficient (Wildman–Crippen LogP) is 4.34. The normalized spacial score (nSPS) is 26.1. The van der Waals surface area contributed by atoms with E-state index in [1.54, 1.807) is 0 Å². The number of nitrogens with zero attached hydrogens (tertiary/aromatic N) is 2. The second-order valence-electron chi connectivity index (χ2n) is 6.89. The molecule has 0 radical (unpaired) electrons. The van der Waals surface area contributed by atoms with Crippen molar-refractivity contribution in [3.8, 4) is 0 Å². The Bertz CT molecular complexity index is 418. The average Bonchev–Trinajstić information content (AvgIpc) is 2.92. The Kier molecular flexibility index (Phi) is 6.22. The second-order valence-corrected chi connectivity index (χ2v) is 6.89. The summed E-state index contributed by atoms with van der Waals surface area (Å²) in [5.41, 5.74) is 6.15. The molecule has 1 aromatic rings. The second kappa shape index (κ2) is 7.92. The molecule has 0 amide bonds. The van der Waals surface area contributed by atoms with Crippen molar-refractivity contribution in [1.29, 1.82) is 0 Å². The molecule has 4 nitrogen and oxygen atoms in total. The molecule has 21 heavy (non-hydrogen) atoms. The highest BCUT2D eigenvalue weighted by atomic mass is 16.5. The van der Waals surface area contributed by atoms with Crippen molar-refractivity contribution in [1.82, 2.24) is 10.1 Å². The maximum absolute atomic E-state index is 6.51. The van der Waals surface area contributed by atoms with Gasteiger partial charge in [-0.05, 0) is 25.2 Å². The van der Waals surface area contributed by atoms with Crippen LogP contribution in [0.4, 0.5) is 0 Å². The minimum absolute atomic E-state index is 0.361. The van der Waals surface area contributed by atoms with Crippen molar-refractivity contribution in [2.24, 2.45) is 11.7 Å². The van der Waals surface area contributed by atoms with Gasteiger partial charge in [-0.25, -0.2) is 0 Å². The molecular formula is C17H31N3O. The van der Waals surface area contributed by atoms with E-state index in [4.69, 9.17) is 10.3 Å². The topological polar surface area (TPSA) is 64.9 Å². The van der Waals surface area contributed by atoms with Crippen LogP contribution in [-0.2, 0) is 12.0 Å². The predicted molar refractivity (Wildman–Crippen MR) is 84.9 cm³/mol. The maximum atomic E-state index is 6.51. The molecule has 1 aliphatic rings. The molecule has 0 spiro atoms. The average molecular weight is 293 g/mol. The zero-order valence-electron chi connectivity index (χ0n) is 13.7. The van der Waals surface area contributed by atoms with Crippen LogP contribution < -0.4 is 5.73 Å². The van der Waals surface area contributed by atoms with Gasteiger partial charge in [-0.2, -0.15) is 4.98 Å². The molecule has 1 aromatic heterocycles. The van der Waals surface area contributed by atoms with Gasteiger partial charge in [0.1, 0.15) is 0 Å². The molecule has 1 saturated carbocycles. The Hall–Kier alpha value is -0.900. The quantitative estimate of drug-likeness (QED) is 0.724. The summed E-state index contributed by atoms with van der Waals surface area (Å²) in [6.07, 6.45) is 13.0. The van der Waals surface area contributed by atoms with Crippen molar-refractivity contribution >= 4 is 0 Å². The van der Waals surface area contributed by atoms with Crippen LogP contribution >= 0.6 is 0 Å². The Balaban J connectivity index is 1.78. The number of hydrogen-bond donors (Lipinski definition) is 1. The smallest absolute Gasteiger partial charge is 0.226 e. The number of rotatable bonds is 8. The van der Waals surface area contributed by atoms with E-state index < -0.39 is 0 Å². The van der Waals surface area contributed by atoms with E-state index in [0.29, 0.717) is 5.92 Å². The van der Waals surface area contributed by atoms with Crippen molar-refractivity contribution in [2.45, 2.75) is 90.0 Å². The van der Waals surface area contributed by atoms with Gasteiger partial charge in [0.2, 0.25) is 5.89 Å². The minimum Gasteiger partial charge on any atom is -0.339 e. The van der Waals surface area contributed by atoms with Gasteiger partial charge in [0.25, 0.3) is 0 Å². The summed E-state index contributed by atoms with van der Waals surface area (Å²) in [6, 6.07) is 0. The van der Waals surface area contributed by atoms with E-state index in [1.807, 2.05) is 0 Å². The lowest BCUT2D eigenvalue weighted by Crippen LogP contribution is -2.42. The first-order valence-electron chi connectivity index (χ1n) is 8.76. The Morgan fingerprint density at radius 1 is 1.24 bits per heavy atom. The Labute approximate surface area is 128 Å². The zero-order chi connectivity index (χ0) is 15.1. The summed E-state index contributed by atoms with van der Waals surface area (Å²) in [5.74, 6) is 2.16. The number of hydrogen-bond acceptors (Lipinski definition) is 4. The van der Waals surface area contributed by atoms with Gasteiger partial charge in [-0.15, -0.1) is 0 Å². The lowest BCUT2D eigenvalue weighted by atomic mass is 9.76. The number of aromatic nitrogens is 2. The highest BCUT2D eigenvalue weighted by Gasteiger charge is 2.36. The van der Waals surface area contributed by atoms with Crippen LogP contribution in [0.3, 0.4) is 0 Å². The molecule has 2 N–H and O–H groups in total. The van der Waals surface area contributed by atoms with Gasteiger partial charge in [0.15, 0.2) is 5.82 Å². The molecule has 0 bridgehead atoms. The first-order chi connectivity index (χ1) is 10.1. The lowest BCUT2D eigenvalue weighted by molar-refractivity contribution is 0.221. The molecule has 0 aliphatic heterocycles. The SMILES string of the molecule is CCCCCCCCc1nc(C2(N)CCCC(C)C2)no1. The zero-order valence-corrected chi connectivity index (χ0v) is 13.7. The molecule has 0 aromatic carbocycles. The van der Waals surface area contributed by atoms with E-state index in [1.165, 1.54) is 44.9 Å². The monoisotopic (exact) mass is 293 g/mol. The van der Waals surface area contributed by atoms with Crippen LogP contribution in [0.1, 0.15) is 89.8 Å². The van der Waals surface area contributed by atoms with Crippen molar-refractivity contribution < 1.29 is 4.52 Å². The molecule has 2 atom stereocenters. The molecule has 1 aliphatic carbocycles. The Morgan fingerprint density at radius 2 is 2.00 bits per heavy atom. The van der Waals surface area contributed by atoms with Gasteiger partial charge in [-0.1, -0.05) is 63.9 Å². The van der Waals surface area contributed by atoms with Crippen LogP contribution in [0, 0.1) is 5.92 Å². The lowest BCUT2D eigenvalue weighted by Gasteiger charge is -2.33. The summed E-state index contributed by atoms with van der Waals surface area (Å²) in [4.78, 5) is 4.57. The summed E-state index contributed by atoms with van der Waals surface area (Å²) in [5, 5.41) is 4.16. The molecule has 0 saturated heterocycles. The maximum Gasteiger partial charge on any atom is 0.226 e. The molecule has 2 rings (SSSR count). The van der Waals surface area contributed by atoms with Crippen molar-refractivity contribution in [3.05, 3.63) is 11.7 Å². The van der Waals surface area contributed by atoms with Crippen LogP contribution in [-0.4, -0.2) is 10.1 Å². The summed E-state index contributed by atoms with van der Waals surface area (Å²) in [7, 11) is 0. The largest absolute Gasteiger partial charge is 0.339 e. The van der Waals surface area contributed by atoms with Crippen molar-refractivity contribution in [3.63, 3.8) is 0 Å². The number of nitrogens with two attached hydrogens (primary N) is 1. The van der Waals surface area contributed by atoms with E-state index >= 15 is 0 Å². The molecule has 4 heteroatoms. The summed E-state index contributed by atoms with van der Waals surface area (Å²) in [6.45, 7) is 4.51. The van der Waals surface area contributed by atoms with Crippen LogP contribution in [0.25, 0.3) is 0 Å². The van der Waals surface area contributed by atoms with Gasteiger partial charge in [0, 0.05) is 6.42 Å². The fraction of sp³-hybridized carbons (Fsp3) is 0.882. The molecular weight excluding hydrogens is 262 g/mol. The van der Waals surface area contributed by atoms with E-state index in [2.05, 4.69) is 24.0 Å². The van der Waals surface area contributed by atoms with Crippen LogP contribution in [0.15, 0.2) is 4.52 Å². The fourth-order valence-corrected chi connectivity index (χ4v) is 3.41. The van der Waals surface area contributed by atoms with Crippen LogP contribution in [0.5, 0.6) is 0 Å². The third-order valence-electron chi connectivity index (χ3n) is 4.69. The molecule has 1 heterocycles. The Morgan fingerprint density at radius 3 is 2.76 bits per heavy atom. The minimum atomic E-state index is -0.361. The molecule has 2 unspecified atom stereocenters. The molecule has 120 valence electrons. The fourth-order valence-electron chi connectivity index (χ4n) is 3.41. The van der Waals surface area contributed by atoms with E-state index in [0.717, 1.165) is 37.4 Å². The van der Waals surface area contributed by atoms with Gasteiger partial charge >= 0.3 is 0 Å². The van der Waals surface area contributed by atoms with E-state index in [-0.39, 0.29) is 5.54 Å². The first-order valence-corrected chi connectivity index (χ1v) is 8.76. The summed E-state index contributed by atoms with van der Waals surface area (Å²) >= 11 is 0. The highest BCUT2D eigenvalue weighted by molar-refractivity contribution is 5.06. The van der Waals surface area contributed by atoms with Gasteiger partial charge < -0.3 is 10.3 Å².